The number of carbonyl (C=O) groups excluding carboxylic acids is 1. The van der Waals surface area contributed by atoms with Crippen molar-refractivity contribution in [1.29, 1.82) is 0 Å². The van der Waals surface area contributed by atoms with Crippen molar-refractivity contribution in [1.82, 2.24) is 14.9 Å². The predicted molar refractivity (Wildman–Crippen MR) is 137 cm³/mol. The molecule has 0 radical (unpaired) electrons. The van der Waals surface area contributed by atoms with Crippen molar-refractivity contribution < 1.29 is 22.7 Å². The Hall–Kier alpha value is -2.23. The summed E-state index contributed by atoms with van der Waals surface area (Å²) in [5.41, 5.74) is 1.94. The van der Waals surface area contributed by atoms with Crippen LogP contribution < -0.4 is 0 Å². The van der Waals surface area contributed by atoms with E-state index in [1.807, 2.05) is 5.38 Å². The molecule has 5 nitrogen and oxygen atoms in total. The zero-order valence-corrected chi connectivity index (χ0v) is 21.8. The fourth-order valence-electron chi connectivity index (χ4n) is 7.01. The second-order valence-corrected chi connectivity index (χ2v) is 12.0. The van der Waals surface area contributed by atoms with Gasteiger partial charge in [-0.3, -0.25) is 4.79 Å². The van der Waals surface area contributed by atoms with Crippen molar-refractivity contribution in [2.24, 2.45) is 17.3 Å². The van der Waals surface area contributed by atoms with E-state index in [0.717, 1.165) is 68.5 Å². The zero-order valence-electron chi connectivity index (χ0n) is 20.9. The van der Waals surface area contributed by atoms with E-state index < -0.39 is 17.2 Å². The number of carbonyl (C=O) groups is 1. The number of ether oxygens (including phenoxy) is 1. The molecule has 1 N–H and O–H groups in total. The van der Waals surface area contributed by atoms with E-state index in [1.165, 1.54) is 23.5 Å². The first-order valence-electron chi connectivity index (χ1n) is 13.2. The Balaban J connectivity index is 1.20. The second kappa shape index (κ2) is 9.50. The third kappa shape index (κ3) is 4.53. The van der Waals surface area contributed by atoms with Gasteiger partial charge in [-0.25, -0.2) is 4.98 Å². The van der Waals surface area contributed by atoms with E-state index in [0.29, 0.717) is 35.4 Å². The first-order chi connectivity index (χ1) is 17.7. The predicted octanol–water partition coefficient (Wildman–Crippen LogP) is 6.31. The van der Waals surface area contributed by atoms with Crippen molar-refractivity contribution in [3.05, 3.63) is 51.6 Å². The highest BCUT2D eigenvalue weighted by Crippen LogP contribution is 2.47. The summed E-state index contributed by atoms with van der Waals surface area (Å²) in [6, 6.07) is 4.07. The molecule has 37 heavy (non-hydrogen) atoms. The number of aromatic nitrogens is 2. The first-order valence-corrected chi connectivity index (χ1v) is 14.1. The first kappa shape index (κ1) is 25.1. The molecule has 0 saturated carbocycles. The zero-order chi connectivity index (χ0) is 25.8. The molecule has 9 heteroatoms. The standard InChI is InChI=1S/C28H32F3N3O2S/c1-17-21-16-34(10-5-27(6-11-36-12-7-27)25(35)26-32-8-13-37-26)9-4-18(21)14-23-24(17)20-15-19(28(29,30)31)2-3-22(20)33-23/h2-3,8,13,15,17-18,21,33H,4-7,9-12,14,16H2,1H3/t17-,18-,21-/m1/s1. The molecular formula is C28H32F3N3O2S. The molecule has 3 aromatic rings. The topological polar surface area (TPSA) is 58.2 Å². The Labute approximate surface area is 218 Å². The SMILES string of the molecule is C[C@H]1c2c([nH]c3ccc(C(F)(F)F)cc23)C[C@H]2CCN(CCC3(C(=O)c4nccs4)CCOCC3)C[C@@H]21. The highest BCUT2D eigenvalue weighted by molar-refractivity contribution is 7.11. The molecule has 2 aromatic heterocycles. The molecule has 1 aromatic carbocycles. The molecule has 1 aliphatic carbocycles. The minimum absolute atomic E-state index is 0.149. The number of Topliss-reactive ketones (excluding diaryl/α,β-unsaturated/α-hetero) is 1. The highest BCUT2D eigenvalue weighted by atomic mass is 32.1. The fourth-order valence-corrected chi connectivity index (χ4v) is 7.71. The molecule has 2 saturated heterocycles. The van der Waals surface area contributed by atoms with Gasteiger partial charge in [-0.2, -0.15) is 13.2 Å². The molecule has 2 fully saturated rings. The number of likely N-dealkylation sites (tertiary alicyclic amines) is 1. The van der Waals surface area contributed by atoms with Crippen molar-refractivity contribution in [2.75, 3.05) is 32.8 Å². The number of nitrogens with one attached hydrogen (secondary N) is 1. The van der Waals surface area contributed by atoms with Gasteiger partial charge >= 0.3 is 6.18 Å². The maximum Gasteiger partial charge on any atom is 0.416 e. The van der Waals surface area contributed by atoms with Gasteiger partial charge in [0.05, 0.1) is 5.56 Å². The summed E-state index contributed by atoms with van der Waals surface area (Å²) >= 11 is 1.41. The van der Waals surface area contributed by atoms with Gasteiger partial charge in [0.15, 0.2) is 10.8 Å². The summed E-state index contributed by atoms with van der Waals surface area (Å²) in [7, 11) is 0. The smallest absolute Gasteiger partial charge is 0.381 e. The number of thiazole rings is 1. The molecule has 4 heterocycles. The van der Waals surface area contributed by atoms with Gasteiger partial charge < -0.3 is 14.6 Å². The Morgan fingerprint density at radius 1 is 1.30 bits per heavy atom. The number of ketones is 1. The maximum atomic E-state index is 13.5. The largest absolute Gasteiger partial charge is 0.416 e. The number of halogens is 3. The van der Waals surface area contributed by atoms with Gasteiger partial charge in [-0.05, 0) is 86.7 Å². The van der Waals surface area contributed by atoms with E-state index >= 15 is 0 Å². The Kier molecular flexibility index (Phi) is 6.44. The summed E-state index contributed by atoms with van der Waals surface area (Å²) in [5.74, 6) is 1.22. The van der Waals surface area contributed by atoms with Crippen LogP contribution in [0.2, 0.25) is 0 Å². The molecule has 0 amide bonds. The van der Waals surface area contributed by atoms with Gasteiger partial charge in [0.25, 0.3) is 0 Å². The van der Waals surface area contributed by atoms with Crippen LogP contribution in [0.5, 0.6) is 0 Å². The van der Waals surface area contributed by atoms with Gasteiger partial charge in [0.1, 0.15) is 0 Å². The number of hydrogen-bond donors (Lipinski definition) is 1. The van der Waals surface area contributed by atoms with Gasteiger partial charge in [-0.15, -0.1) is 11.3 Å². The van der Waals surface area contributed by atoms with Crippen molar-refractivity contribution in [3.8, 4) is 0 Å². The van der Waals surface area contributed by atoms with Crippen LogP contribution in [0.25, 0.3) is 10.9 Å². The number of hydrogen-bond acceptors (Lipinski definition) is 5. The van der Waals surface area contributed by atoms with E-state index in [9.17, 15) is 18.0 Å². The van der Waals surface area contributed by atoms with E-state index in [2.05, 4.69) is 21.8 Å². The summed E-state index contributed by atoms with van der Waals surface area (Å²) < 4.78 is 45.9. The number of rotatable bonds is 5. The summed E-state index contributed by atoms with van der Waals surface area (Å²) in [4.78, 5) is 23.7. The number of fused-ring (bicyclic) bond motifs is 4. The number of benzene rings is 1. The maximum absolute atomic E-state index is 13.5. The molecule has 198 valence electrons. The Morgan fingerprint density at radius 2 is 2.11 bits per heavy atom. The van der Waals surface area contributed by atoms with Crippen LogP contribution >= 0.6 is 11.3 Å². The van der Waals surface area contributed by atoms with E-state index in [1.54, 1.807) is 12.3 Å². The van der Waals surface area contributed by atoms with Gasteiger partial charge in [0, 0.05) is 53.3 Å². The summed E-state index contributed by atoms with van der Waals surface area (Å²) in [6.07, 6.45) is 1.53. The normalized spacial score (nSPS) is 26.1. The molecule has 0 unspecified atom stereocenters. The molecule has 0 spiro atoms. The quantitative estimate of drug-likeness (QED) is 0.392. The third-order valence-corrected chi connectivity index (χ3v) is 9.94. The van der Waals surface area contributed by atoms with Crippen molar-refractivity contribution >= 4 is 28.0 Å². The van der Waals surface area contributed by atoms with Crippen molar-refractivity contribution in [3.63, 3.8) is 0 Å². The average molecular weight is 532 g/mol. The van der Waals surface area contributed by atoms with E-state index in [-0.39, 0.29) is 11.7 Å². The van der Waals surface area contributed by atoms with Crippen LogP contribution in [0.4, 0.5) is 13.2 Å². The van der Waals surface area contributed by atoms with E-state index in [4.69, 9.17) is 4.74 Å². The summed E-state index contributed by atoms with van der Waals surface area (Å²) in [5, 5.41) is 3.15. The molecule has 3 atom stereocenters. The highest BCUT2D eigenvalue weighted by Gasteiger charge is 2.44. The number of aromatic amines is 1. The van der Waals surface area contributed by atoms with Crippen LogP contribution in [0.3, 0.4) is 0 Å². The van der Waals surface area contributed by atoms with Crippen molar-refractivity contribution in [2.45, 2.75) is 51.1 Å². The molecule has 0 bridgehead atoms. The summed E-state index contributed by atoms with van der Waals surface area (Å²) in [6.45, 7) is 6.11. The van der Waals surface area contributed by atoms with Crippen LogP contribution in [0.15, 0.2) is 29.8 Å². The lowest BCUT2D eigenvalue weighted by molar-refractivity contribution is -0.137. The van der Waals surface area contributed by atoms with Crippen LogP contribution in [0, 0.1) is 17.3 Å². The number of alkyl halides is 3. The molecule has 2 aliphatic heterocycles. The lowest BCUT2D eigenvalue weighted by atomic mass is 9.68. The molecular weight excluding hydrogens is 499 g/mol. The monoisotopic (exact) mass is 531 g/mol. The minimum Gasteiger partial charge on any atom is -0.381 e. The molecule has 6 rings (SSSR count). The fraction of sp³-hybridized carbons (Fsp3) is 0.571. The Bertz CT molecular complexity index is 1280. The second-order valence-electron chi connectivity index (χ2n) is 11.1. The van der Waals surface area contributed by atoms with Crippen LogP contribution in [0.1, 0.15) is 65.1 Å². The number of piperidine rings is 1. The third-order valence-electron chi connectivity index (χ3n) is 9.17. The molecule has 3 aliphatic rings. The van der Waals surface area contributed by atoms with Crippen LogP contribution in [-0.2, 0) is 17.3 Å². The van der Waals surface area contributed by atoms with Gasteiger partial charge in [-0.1, -0.05) is 6.92 Å². The van der Waals surface area contributed by atoms with Crippen LogP contribution in [-0.4, -0.2) is 53.5 Å². The number of H-pyrrole nitrogens is 1. The average Bonchev–Trinajstić information content (AvgIpc) is 3.55. The lowest BCUT2D eigenvalue weighted by Crippen LogP contribution is -2.47. The lowest BCUT2D eigenvalue weighted by Gasteiger charge is -2.45. The Morgan fingerprint density at radius 3 is 2.84 bits per heavy atom. The number of nitrogens with zero attached hydrogens (tertiary/aromatic N) is 2. The minimum atomic E-state index is -4.35. The van der Waals surface area contributed by atoms with Gasteiger partial charge in [0.2, 0.25) is 0 Å².